The molecular weight excluding hydrogens is 380 g/mol. The van der Waals surface area contributed by atoms with Crippen molar-refractivity contribution in [2.45, 2.75) is 18.7 Å². The van der Waals surface area contributed by atoms with Crippen LogP contribution < -0.4 is 0 Å². The fourth-order valence-corrected chi connectivity index (χ4v) is 5.32. The molecule has 116 valence electrons. The van der Waals surface area contributed by atoms with Crippen molar-refractivity contribution in [2.24, 2.45) is 0 Å². The lowest BCUT2D eigenvalue weighted by Gasteiger charge is -2.16. The Balaban J connectivity index is 2.20. The highest BCUT2D eigenvalue weighted by Gasteiger charge is 2.24. The molecule has 1 heterocycles. The fourth-order valence-electron chi connectivity index (χ4n) is 1.86. The standard InChI is InChI=1S/C13H16BrFNO3PS/c1-3-18-20(17,19-4-2)8-21-13-7-16-12-6-11(15)10(14)5-9(12)13/h5-7,16H,3-4,8H2,1-2H3. The van der Waals surface area contributed by atoms with Crippen molar-refractivity contribution in [2.75, 3.05) is 18.7 Å². The molecule has 0 unspecified atom stereocenters. The van der Waals surface area contributed by atoms with E-state index in [1.807, 2.05) is 0 Å². The molecule has 1 aromatic heterocycles. The van der Waals surface area contributed by atoms with E-state index in [9.17, 15) is 8.96 Å². The van der Waals surface area contributed by atoms with Gasteiger partial charge in [-0.3, -0.25) is 4.57 Å². The molecule has 0 radical (unpaired) electrons. The summed E-state index contributed by atoms with van der Waals surface area (Å²) in [6.07, 6.45) is 1.77. The number of benzene rings is 1. The molecule has 0 atom stereocenters. The van der Waals surface area contributed by atoms with E-state index in [1.165, 1.54) is 17.8 Å². The van der Waals surface area contributed by atoms with Crippen LogP contribution in [0.3, 0.4) is 0 Å². The first kappa shape index (κ1) is 17.0. The highest BCUT2D eigenvalue weighted by atomic mass is 79.9. The van der Waals surface area contributed by atoms with Crippen LogP contribution in [0.2, 0.25) is 0 Å². The number of aromatic amines is 1. The second kappa shape index (κ2) is 7.29. The SMILES string of the molecule is CCOP(=O)(CSc1c[nH]c2cc(F)c(Br)cc12)OCC. The summed E-state index contributed by atoms with van der Waals surface area (Å²) in [5.41, 5.74) is 0.914. The quantitative estimate of drug-likeness (QED) is 0.504. The topological polar surface area (TPSA) is 51.3 Å². The zero-order chi connectivity index (χ0) is 15.5. The summed E-state index contributed by atoms with van der Waals surface area (Å²) in [5, 5.41) is 0.868. The highest BCUT2D eigenvalue weighted by molar-refractivity contribution is 9.10. The summed E-state index contributed by atoms with van der Waals surface area (Å²) in [6.45, 7) is 4.23. The van der Waals surface area contributed by atoms with Crippen molar-refractivity contribution < 1.29 is 18.0 Å². The summed E-state index contributed by atoms with van der Waals surface area (Å²) in [6, 6.07) is 3.13. The van der Waals surface area contributed by atoms with Gasteiger partial charge in [-0.25, -0.2) is 4.39 Å². The van der Waals surface area contributed by atoms with Crippen LogP contribution in [0.1, 0.15) is 13.8 Å². The Bertz CT molecular complexity index is 669. The van der Waals surface area contributed by atoms with Crippen LogP contribution in [0.5, 0.6) is 0 Å². The van der Waals surface area contributed by atoms with Gasteiger partial charge in [0.15, 0.2) is 0 Å². The number of fused-ring (bicyclic) bond motifs is 1. The molecular formula is C13H16BrFNO3PS. The maximum absolute atomic E-state index is 13.5. The van der Waals surface area contributed by atoms with Crippen LogP contribution in [0.4, 0.5) is 4.39 Å². The Morgan fingerprint density at radius 1 is 1.33 bits per heavy atom. The number of nitrogens with one attached hydrogen (secondary N) is 1. The van der Waals surface area contributed by atoms with Crippen LogP contribution >= 0.6 is 35.3 Å². The number of rotatable bonds is 7. The van der Waals surface area contributed by atoms with Gasteiger partial charge in [-0.1, -0.05) is 0 Å². The third-order valence-corrected chi connectivity index (χ3v) is 7.06. The largest absolute Gasteiger partial charge is 0.360 e. The molecule has 21 heavy (non-hydrogen) atoms. The molecule has 0 fully saturated rings. The van der Waals surface area contributed by atoms with E-state index in [-0.39, 0.29) is 11.3 Å². The van der Waals surface area contributed by atoms with E-state index in [2.05, 4.69) is 20.9 Å². The third-order valence-electron chi connectivity index (χ3n) is 2.71. The minimum absolute atomic E-state index is 0.219. The minimum Gasteiger partial charge on any atom is -0.360 e. The van der Waals surface area contributed by atoms with E-state index in [0.717, 1.165) is 10.3 Å². The molecule has 1 aromatic carbocycles. The van der Waals surface area contributed by atoms with Gasteiger partial charge in [-0.05, 0) is 41.9 Å². The lowest BCUT2D eigenvalue weighted by Crippen LogP contribution is -1.97. The number of thioether (sulfide) groups is 1. The van der Waals surface area contributed by atoms with E-state index >= 15 is 0 Å². The lowest BCUT2D eigenvalue weighted by molar-refractivity contribution is 0.224. The van der Waals surface area contributed by atoms with Gasteiger partial charge in [-0.2, -0.15) is 0 Å². The molecule has 0 saturated carbocycles. The molecule has 0 aliphatic heterocycles. The van der Waals surface area contributed by atoms with Gasteiger partial charge in [0.1, 0.15) is 11.3 Å². The molecule has 2 aromatic rings. The summed E-state index contributed by atoms with van der Waals surface area (Å²) in [7, 11) is -3.10. The molecule has 0 aliphatic rings. The van der Waals surface area contributed by atoms with Crippen LogP contribution in [-0.4, -0.2) is 23.7 Å². The lowest BCUT2D eigenvalue weighted by atomic mass is 10.2. The fraction of sp³-hybridized carbons (Fsp3) is 0.385. The predicted octanol–water partition coefficient (Wildman–Crippen LogP) is 5.39. The minimum atomic E-state index is -3.10. The van der Waals surface area contributed by atoms with Crippen molar-refractivity contribution in [3.63, 3.8) is 0 Å². The smallest absolute Gasteiger partial charge is 0.340 e. The molecule has 0 saturated heterocycles. The van der Waals surface area contributed by atoms with Gasteiger partial charge in [0.05, 0.1) is 17.7 Å². The molecule has 0 amide bonds. The monoisotopic (exact) mass is 395 g/mol. The molecule has 2 rings (SSSR count). The van der Waals surface area contributed by atoms with Gasteiger partial charge in [0.25, 0.3) is 0 Å². The number of hydrogen-bond donors (Lipinski definition) is 1. The first-order valence-corrected chi connectivity index (χ1v) is 9.96. The maximum atomic E-state index is 13.5. The Kier molecular flexibility index (Phi) is 5.91. The van der Waals surface area contributed by atoms with Gasteiger partial charge in [0.2, 0.25) is 0 Å². The Morgan fingerprint density at radius 2 is 2.00 bits per heavy atom. The second-order valence-electron chi connectivity index (χ2n) is 4.18. The molecule has 0 spiro atoms. The first-order valence-electron chi connectivity index (χ1n) is 6.46. The van der Waals surface area contributed by atoms with Gasteiger partial charge >= 0.3 is 7.60 Å². The summed E-state index contributed by atoms with van der Waals surface area (Å²) < 4.78 is 36.8. The average Bonchev–Trinajstić information content (AvgIpc) is 2.80. The Hall–Kier alpha value is -0.330. The Labute approximate surface area is 135 Å². The van der Waals surface area contributed by atoms with E-state index in [0.29, 0.717) is 23.2 Å². The Morgan fingerprint density at radius 3 is 2.62 bits per heavy atom. The van der Waals surface area contributed by atoms with Crippen molar-refractivity contribution in [3.05, 3.63) is 28.6 Å². The predicted molar refractivity (Wildman–Crippen MR) is 87.5 cm³/mol. The third kappa shape index (κ3) is 4.11. The second-order valence-corrected chi connectivity index (χ2v) is 8.54. The average molecular weight is 396 g/mol. The van der Waals surface area contributed by atoms with Gasteiger partial charge in [0, 0.05) is 22.0 Å². The molecule has 1 N–H and O–H groups in total. The van der Waals surface area contributed by atoms with Crippen molar-refractivity contribution in [1.29, 1.82) is 0 Å². The van der Waals surface area contributed by atoms with E-state index in [4.69, 9.17) is 9.05 Å². The first-order chi connectivity index (χ1) is 9.99. The van der Waals surface area contributed by atoms with Crippen molar-refractivity contribution >= 4 is 46.2 Å². The summed E-state index contributed by atoms with van der Waals surface area (Å²) >= 11 is 4.54. The van der Waals surface area contributed by atoms with Crippen molar-refractivity contribution in [1.82, 2.24) is 4.98 Å². The van der Waals surface area contributed by atoms with Crippen LogP contribution in [-0.2, 0) is 13.6 Å². The molecule has 0 aliphatic carbocycles. The van der Waals surface area contributed by atoms with Gasteiger partial charge < -0.3 is 14.0 Å². The number of H-pyrrole nitrogens is 1. The highest BCUT2D eigenvalue weighted by Crippen LogP contribution is 2.52. The normalized spacial score (nSPS) is 12.2. The van der Waals surface area contributed by atoms with Crippen molar-refractivity contribution in [3.8, 4) is 0 Å². The summed E-state index contributed by atoms with van der Waals surface area (Å²) in [5.74, 6) is -0.324. The number of hydrogen-bond acceptors (Lipinski definition) is 4. The summed E-state index contributed by atoms with van der Waals surface area (Å²) in [4.78, 5) is 3.88. The zero-order valence-electron chi connectivity index (χ0n) is 11.7. The number of halogens is 2. The van der Waals surface area contributed by atoms with Crippen LogP contribution in [0, 0.1) is 5.82 Å². The zero-order valence-corrected chi connectivity index (χ0v) is 15.0. The van der Waals surface area contributed by atoms with Gasteiger partial charge in [-0.15, -0.1) is 11.8 Å². The maximum Gasteiger partial charge on any atom is 0.340 e. The number of aromatic nitrogens is 1. The van der Waals surface area contributed by atoms with E-state index in [1.54, 1.807) is 26.1 Å². The van der Waals surface area contributed by atoms with Crippen LogP contribution in [0.25, 0.3) is 10.9 Å². The van der Waals surface area contributed by atoms with E-state index < -0.39 is 7.60 Å². The molecule has 4 nitrogen and oxygen atoms in total. The molecule has 8 heteroatoms. The molecule has 0 bridgehead atoms. The van der Waals surface area contributed by atoms with Crippen LogP contribution in [0.15, 0.2) is 27.7 Å².